The van der Waals surface area contributed by atoms with Crippen LogP contribution in [0.4, 0.5) is 5.82 Å². The first kappa shape index (κ1) is 26.7. The highest BCUT2D eigenvalue weighted by atomic mass is 16.5. The Bertz CT molecular complexity index is 1390. The lowest BCUT2D eigenvalue weighted by Gasteiger charge is -2.22. The fourth-order valence-electron chi connectivity index (χ4n) is 4.32. The van der Waals surface area contributed by atoms with Gasteiger partial charge in [0.05, 0.1) is 18.5 Å². The van der Waals surface area contributed by atoms with Crippen LogP contribution in [0, 0.1) is 13.8 Å². The third-order valence-corrected chi connectivity index (χ3v) is 6.37. The molecule has 38 heavy (non-hydrogen) atoms. The number of carbonyl (C=O) groups excluding carboxylic acids is 2. The fraction of sp³-hybridized carbons (Fsp3) is 0.258. The summed E-state index contributed by atoms with van der Waals surface area (Å²) in [5.74, 6) is 0.749. The van der Waals surface area contributed by atoms with Crippen LogP contribution < -0.4 is 10.1 Å². The van der Waals surface area contributed by atoms with Crippen molar-refractivity contribution in [2.75, 3.05) is 25.5 Å². The average molecular weight is 511 g/mol. The first-order valence-electron chi connectivity index (χ1n) is 12.9. The van der Waals surface area contributed by atoms with Crippen molar-refractivity contribution >= 4 is 17.6 Å². The topological polar surface area (TPSA) is 76.5 Å². The Balaban J connectivity index is 1.61. The maximum absolute atomic E-state index is 13.3. The molecule has 0 aliphatic heterocycles. The summed E-state index contributed by atoms with van der Waals surface area (Å²) in [6.45, 7) is 6.55. The number of amides is 2. The molecule has 0 saturated heterocycles. The SMILES string of the molecule is CCCCN(CC(=O)Nc1cc(-c2ccccc2)nn1-c1ccc(C)cc1C)C(=O)c1ccc(OC)cc1. The van der Waals surface area contributed by atoms with Crippen LogP contribution in [-0.4, -0.2) is 46.7 Å². The third-order valence-electron chi connectivity index (χ3n) is 6.37. The van der Waals surface area contributed by atoms with Crippen molar-refractivity contribution in [3.8, 4) is 22.7 Å². The van der Waals surface area contributed by atoms with Crippen molar-refractivity contribution in [3.63, 3.8) is 0 Å². The van der Waals surface area contributed by atoms with Crippen molar-refractivity contribution < 1.29 is 14.3 Å². The number of carbonyl (C=O) groups is 2. The van der Waals surface area contributed by atoms with Crippen LogP contribution in [-0.2, 0) is 4.79 Å². The van der Waals surface area contributed by atoms with Gasteiger partial charge in [-0.3, -0.25) is 9.59 Å². The van der Waals surface area contributed by atoms with E-state index in [0.29, 0.717) is 23.7 Å². The highest BCUT2D eigenvalue weighted by Gasteiger charge is 2.21. The molecule has 0 aliphatic carbocycles. The Morgan fingerprint density at radius 1 is 0.974 bits per heavy atom. The number of aromatic nitrogens is 2. The van der Waals surface area contributed by atoms with Gasteiger partial charge in [0.1, 0.15) is 18.1 Å². The number of rotatable bonds is 10. The smallest absolute Gasteiger partial charge is 0.254 e. The monoisotopic (exact) mass is 510 g/mol. The highest BCUT2D eigenvalue weighted by molar-refractivity contribution is 5.99. The van der Waals surface area contributed by atoms with Crippen LogP contribution >= 0.6 is 0 Å². The first-order valence-corrected chi connectivity index (χ1v) is 12.9. The number of aryl methyl sites for hydroxylation is 2. The van der Waals surface area contributed by atoms with E-state index in [1.54, 1.807) is 41.0 Å². The molecule has 0 spiro atoms. The number of hydrogen-bond acceptors (Lipinski definition) is 4. The molecule has 0 atom stereocenters. The quantitative estimate of drug-likeness (QED) is 0.282. The molecule has 0 fully saturated rings. The van der Waals surface area contributed by atoms with Crippen molar-refractivity contribution in [1.29, 1.82) is 0 Å². The van der Waals surface area contributed by atoms with E-state index >= 15 is 0 Å². The molecule has 0 aliphatic rings. The summed E-state index contributed by atoms with van der Waals surface area (Å²) >= 11 is 0. The molecule has 0 saturated carbocycles. The molecule has 2 amide bonds. The summed E-state index contributed by atoms with van der Waals surface area (Å²) in [5.41, 5.74) is 5.29. The maximum atomic E-state index is 13.3. The minimum Gasteiger partial charge on any atom is -0.497 e. The molecule has 1 N–H and O–H groups in total. The van der Waals surface area contributed by atoms with Gasteiger partial charge in [0.2, 0.25) is 5.91 Å². The van der Waals surface area contributed by atoms with Crippen molar-refractivity contribution in [3.05, 3.63) is 95.6 Å². The molecular formula is C31H34N4O3. The number of nitrogens with one attached hydrogen (secondary N) is 1. The highest BCUT2D eigenvalue weighted by Crippen LogP contribution is 2.27. The minimum absolute atomic E-state index is 0.0659. The van der Waals surface area contributed by atoms with Crippen LogP contribution in [0.25, 0.3) is 16.9 Å². The van der Waals surface area contributed by atoms with E-state index in [1.165, 1.54) is 0 Å². The summed E-state index contributed by atoms with van der Waals surface area (Å²) in [7, 11) is 1.58. The van der Waals surface area contributed by atoms with Gasteiger partial charge in [-0.1, -0.05) is 61.4 Å². The second-order valence-electron chi connectivity index (χ2n) is 9.34. The third kappa shape index (κ3) is 6.29. The van der Waals surface area contributed by atoms with Crippen molar-refractivity contribution in [1.82, 2.24) is 14.7 Å². The molecule has 7 nitrogen and oxygen atoms in total. The van der Waals surface area contributed by atoms with Crippen LogP contribution in [0.2, 0.25) is 0 Å². The van der Waals surface area contributed by atoms with Crippen LogP contribution in [0.5, 0.6) is 5.75 Å². The Morgan fingerprint density at radius 2 is 1.71 bits per heavy atom. The lowest BCUT2D eigenvalue weighted by Crippen LogP contribution is -2.39. The normalized spacial score (nSPS) is 10.7. The zero-order valence-electron chi connectivity index (χ0n) is 22.4. The molecule has 7 heteroatoms. The number of nitrogens with zero attached hydrogens (tertiary/aromatic N) is 3. The van der Waals surface area contributed by atoms with E-state index in [0.717, 1.165) is 40.9 Å². The second kappa shape index (κ2) is 12.2. The van der Waals surface area contributed by atoms with Gasteiger partial charge < -0.3 is 15.0 Å². The molecule has 1 heterocycles. The summed E-state index contributed by atoms with van der Waals surface area (Å²) in [5, 5.41) is 7.85. The van der Waals surface area contributed by atoms with Gasteiger partial charge in [-0.25, -0.2) is 4.68 Å². The predicted molar refractivity (Wildman–Crippen MR) is 151 cm³/mol. The Labute approximate surface area is 224 Å². The molecule has 3 aromatic carbocycles. The van der Waals surface area contributed by atoms with Gasteiger partial charge in [-0.15, -0.1) is 0 Å². The zero-order valence-corrected chi connectivity index (χ0v) is 22.4. The Kier molecular flexibility index (Phi) is 8.58. The lowest BCUT2D eigenvalue weighted by atomic mass is 10.1. The molecule has 0 bridgehead atoms. The second-order valence-corrected chi connectivity index (χ2v) is 9.34. The van der Waals surface area contributed by atoms with E-state index in [-0.39, 0.29) is 18.4 Å². The Morgan fingerprint density at radius 3 is 2.37 bits per heavy atom. The van der Waals surface area contributed by atoms with Crippen molar-refractivity contribution in [2.45, 2.75) is 33.6 Å². The fourth-order valence-corrected chi connectivity index (χ4v) is 4.32. The standard InChI is InChI=1S/C31H34N4O3/c1-5-6-18-34(31(37)25-13-15-26(38-4)16-14-25)21-30(36)32-29-20-27(24-10-8-7-9-11-24)33-35(29)28-17-12-22(2)19-23(28)3/h7-17,19-20H,5-6,18,21H2,1-4H3,(H,32,36). The first-order chi connectivity index (χ1) is 18.4. The predicted octanol–water partition coefficient (Wildman–Crippen LogP) is 6.05. The molecule has 4 rings (SSSR count). The molecular weight excluding hydrogens is 476 g/mol. The summed E-state index contributed by atoms with van der Waals surface area (Å²) in [6, 6.07) is 24.8. The van der Waals surface area contributed by atoms with Crippen LogP contribution in [0.1, 0.15) is 41.3 Å². The summed E-state index contributed by atoms with van der Waals surface area (Å²) in [4.78, 5) is 28.2. The van der Waals surface area contributed by atoms with Gasteiger partial charge in [0.25, 0.3) is 5.91 Å². The number of hydrogen-bond donors (Lipinski definition) is 1. The minimum atomic E-state index is -0.284. The van der Waals surface area contributed by atoms with Gasteiger partial charge in [0, 0.05) is 23.7 Å². The number of unbranched alkanes of at least 4 members (excludes halogenated alkanes) is 1. The number of anilines is 1. The molecule has 4 aromatic rings. The van der Waals surface area contributed by atoms with Gasteiger partial charge in [-0.2, -0.15) is 5.10 Å². The van der Waals surface area contributed by atoms with Crippen LogP contribution in [0.15, 0.2) is 78.9 Å². The molecule has 196 valence electrons. The molecule has 0 unspecified atom stereocenters. The van der Waals surface area contributed by atoms with Gasteiger partial charge >= 0.3 is 0 Å². The Hall–Kier alpha value is -4.39. The van der Waals surface area contributed by atoms with E-state index in [9.17, 15) is 9.59 Å². The zero-order chi connectivity index (χ0) is 27.1. The number of ether oxygens (including phenoxy) is 1. The molecule has 0 radical (unpaired) electrons. The lowest BCUT2D eigenvalue weighted by molar-refractivity contribution is -0.117. The van der Waals surface area contributed by atoms with E-state index < -0.39 is 0 Å². The van der Waals surface area contributed by atoms with E-state index in [4.69, 9.17) is 9.84 Å². The van der Waals surface area contributed by atoms with E-state index in [1.807, 2.05) is 62.4 Å². The number of benzene rings is 3. The van der Waals surface area contributed by atoms with E-state index in [2.05, 4.69) is 18.3 Å². The van der Waals surface area contributed by atoms with Crippen LogP contribution in [0.3, 0.4) is 0 Å². The van der Waals surface area contributed by atoms with Gasteiger partial charge in [0.15, 0.2) is 0 Å². The van der Waals surface area contributed by atoms with Gasteiger partial charge in [-0.05, 0) is 56.2 Å². The average Bonchev–Trinajstić information content (AvgIpc) is 3.34. The molecule has 1 aromatic heterocycles. The van der Waals surface area contributed by atoms with Crippen molar-refractivity contribution in [2.24, 2.45) is 0 Å². The number of methoxy groups -OCH3 is 1. The summed E-state index contributed by atoms with van der Waals surface area (Å²) in [6.07, 6.45) is 1.71. The maximum Gasteiger partial charge on any atom is 0.254 e. The largest absolute Gasteiger partial charge is 0.497 e. The summed E-state index contributed by atoms with van der Waals surface area (Å²) < 4.78 is 6.97.